The van der Waals surface area contributed by atoms with Crippen molar-refractivity contribution in [3.63, 3.8) is 0 Å². The molecule has 1 rings (SSSR count). The van der Waals surface area contributed by atoms with E-state index in [9.17, 15) is 4.79 Å². The highest BCUT2D eigenvalue weighted by Gasteiger charge is 2.25. The summed E-state index contributed by atoms with van der Waals surface area (Å²) in [5, 5.41) is 11.7. The lowest BCUT2D eigenvalue weighted by molar-refractivity contribution is 0.0477. The highest BCUT2D eigenvalue weighted by Crippen LogP contribution is 2.16. The minimum Gasteiger partial charge on any atom is -0.444 e. The van der Waals surface area contributed by atoms with Crippen molar-refractivity contribution < 1.29 is 19.4 Å². The number of alkyl carbamates (subject to hydrolysis) is 1. The van der Waals surface area contributed by atoms with E-state index in [0.717, 1.165) is 13.0 Å². The van der Waals surface area contributed by atoms with E-state index in [1.807, 2.05) is 0 Å². The molecule has 1 unspecified atom stereocenters. The average molecular weight is 231 g/mol. The molecule has 5 nitrogen and oxygen atoms in total. The maximum absolute atomic E-state index is 11.4. The van der Waals surface area contributed by atoms with E-state index >= 15 is 0 Å². The molecule has 0 radical (unpaired) electrons. The predicted octanol–water partition coefficient (Wildman–Crippen LogP) is 1.05. The summed E-state index contributed by atoms with van der Waals surface area (Å²) in [6.45, 7) is 6.13. The van der Waals surface area contributed by atoms with Gasteiger partial charge in [-0.25, -0.2) is 4.79 Å². The van der Waals surface area contributed by atoms with Gasteiger partial charge in [-0.15, -0.1) is 0 Å². The highest BCUT2D eigenvalue weighted by molar-refractivity contribution is 5.68. The minimum atomic E-state index is -0.510. The van der Waals surface area contributed by atoms with E-state index in [1.165, 1.54) is 0 Å². The molecule has 5 heteroatoms. The van der Waals surface area contributed by atoms with Gasteiger partial charge in [-0.2, -0.15) is 0 Å². The molecule has 1 amide bonds. The first-order valence-electron chi connectivity index (χ1n) is 5.62. The summed E-state index contributed by atoms with van der Waals surface area (Å²) in [6.07, 6.45) is 1.40. The van der Waals surface area contributed by atoms with E-state index in [-0.39, 0.29) is 12.6 Å². The quantitative estimate of drug-likeness (QED) is 0.694. The van der Waals surface area contributed by atoms with Crippen molar-refractivity contribution in [1.82, 2.24) is 5.32 Å². The number of rotatable bonds is 5. The monoisotopic (exact) mass is 231 g/mol. The molecule has 1 fully saturated rings. The molecule has 1 saturated heterocycles. The molecule has 1 aliphatic heterocycles. The molecule has 0 bridgehead atoms. The summed E-state index contributed by atoms with van der Waals surface area (Å²) in [5.74, 6) is 0. The highest BCUT2D eigenvalue weighted by atomic mass is 16.6. The van der Waals surface area contributed by atoms with Crippen molar-refractivity contribution in [2.24, 2.45) is 0 Å². The number of aliphatic hydroxyl groups excluding tert-OH is 1. The Morgan fingerprint density at radius 1 is 1.62 bits per heavy atom. The first kappa shape index (κ1) is 13.3. The molecular formula is C11H21NO4. The van der Waals surface area contributed by atoms with Crippen LogP contribution < -0.4 is 5.32 Å². The van der Waals surface area contributed by atoms with Gasteiger partial charge in [-0.05, 0) is 33.6 Å². The van der Waals surface area contributed by atoms with Crippen LogP contribution in [-0.4, -0.2) is 42.2 Å². The SMILES string of the molecule is CC(C)(C)OC(=O)N[C@H](CO)CCC1CO1. The molecule has 1 heterocycles. The van der Waals surface area contributed by atoms with Crippen LogP contribution >= 0.6 is 0 Å². The first-order valence-corrected chi connectivity index (χ1v) is 5.62. The average Bonchev–Trinajstić information content (AvgIpc) is 2.92. The van der Waals surface area contributed by atoms with Crippen LogP contribution in [0.4, 0.5) is 4.79 Å². The second-order valence-corrected chi connectivity index (χ2v) is 5.06. The zero-order chi connectivity index (χ0) is 12.2. The summed E-state index contributed by atoms with van der Waals surface area (Å²) in [5.41, 5.74) is -0.510. The molecule has 0 spiro atoms. The molecule has 0 aliphatic carbocycles. The molecule has 94 valence electrons. The number of hydrogen-bond donors (Lipinski definition) is 2. The Morgan fingerprint density at radius 3 is 2.69 bits per heavy atom. The smallest absolute Gasteiger partial charge is 0.407 e. The van der Waals surface area contributed by atoms with E-state index in [2.05, 4.69) is 5.32 Å². The van der Waals surface area contributed by atoms with E-state index in [4.69, 9.17) is 14.6 Å². The standard InChI is InChI=1S/C11H21NO4/c1-11(2,3)16-10(14)12-8(6-13)4-5-9-7-15-9/h8-9,13H,4-7H2,1-3H3,(H,12,14)/t8-,9?/m0/s1. The van der Waals surface area contributed by atoms with Crippen LogP contribution in [0, 0.1) is 0 Å². The molecule has 0 saturated carbocycles. The van der Waals surface area contributed by atoms with Gasteiger partial charge in [0.05, 0.1) is 25.4 Å². The Labute approximate surface area is 96.1 Å². The molecule has 0 aromatic rings. The molecule has 16 heavy (non-hydrogen) atoms. The molecule has 0 aromatic carbocycles. The Morgan fingerprint density at radius 2 is 2.25 bits per heavy atom. The largest absolute Gasteiger partial charge is 0.444 e. The molecule has 0 aromatic heterocycles. The zero-order valence-corrected chi connectivity index (χ0v) is 10.2. The van der Waals surface area contributed by atoms with E-state index in [1.54, 1.807) is 20.8 Å². The lowest BCUT2D eigenvalue weighted by Crippen LogP contribution is -2.41. The lowest BCUT2D eigenvalue weighted by Gasteiger charge is -2.22. The summed E-state index contributed by atoms with van der Waals surface area (Å²) in [4.78, 5) is 11.4. The number of nitrogens with one attached hydrogen (secondary N) is 1. The number of aliphatic hydroxyl groups is 1. The van der Waals surface area contributed by atoms with Crippen LogP contribution in [0.3, 0.4) is 0 Å². The van der Waals surface area contributed by atoms with Crippen molar-refractivity contribution in [1.29, 1.82) is 0 Å². The number of hydrogen-bond acceptors (Lipinski definition) is 4. The Kier molecular flexibility index (Phi) is 4.56. The molecule has 2 atom stereocenters. The third-order valence-corrected chi connectivity index (χ3v) is 2.18. The molecule has 2 N–H and O–H groups in total. The number of epoxide rings is 1. The lowest BCUT2D eigenvalue weighted by atomic mass is 10.1. The fourth-order valence-corrected chi connectivity index (χ4v) is 1.31. The van der Waals surface area contributed by atoms with Crippen molar-refractivity contribution in [3.05, 3.63) is 0 Å². The number of ether oxygens (including phenoxy) is 2. The predicted molar refractivity (Wildman–Crippen MR) is 59.2 cm³/mol. The second-order valence-electron chi connectivity index (χ2n) is 5.06. The topological polar surface area (TPSA) is 71.1 Å². The minimum absolute atomic E-state index is 0.0774. The van der Waals surface area contributed by atoms with Gasteiger partial charge < -0.3 is 19.9 Å². The van der Waals surface area contributed by atoms with Crippen LogP contribution in [0.15, 0.2) is 0 Å². The second kappa shape index (κ2) is 5.50. The van der Waals surface area contributed by atoms with Crippen molar-refractivity contribution in [3.8, 4) is 0 Å². The third-order valence-electron chi connectivity index (χ3n) is 2.18. The van der Waals surface area contributed by atoms with Crippen LogP contribution in [0.1, 0.15) is 33.6 Å². The normalized spacial score (nSPS) is 21.4. The first-order chi connectivity index (χ1) is 7.40. The summed E-state index contributed by atoms with van der Waals surface area (Å²) >= 11 is 0. The summed E-state index contributed by atoms with van der Waals surface area (Å²) in [7, 11) is 0. The van der Waals surface area contributed by atoms with Crippen LogP contribution in [-0.2, 0) is 9.47 Å². The summed E-state index contributed by atoms with van der Waals surface area (Å²) in [6, 6.07) is -0.251. The van der Waals surface area contributed by atoms with Gasteiger partial charge in [0, 0.05) is 0 Å². The maximum atomic E-state index is 11.4. The van der Waals surface area contributed by atoms with Crippen LogP contribution in [0.25, 0.3) is 0 Å². The Balaban J connectivity index is 2.22. The number of carbonyl (C=O) groups excluding carboxylic acids is 1. The Hall–Kier alpha value is -0.810. The van der Waals surface area contributed by atoms with Crippen LogP contribution in [0.2, 0.25) is 0 Å². The van der Waals surface area contributed by atoms with E-state index < -0.39 is 11.7 Å². The van der Waals surface area contributed by atoms with Crippen molar-refractivity contribution in [2.45, 2.75) is 51.4 Å². The number of amides is 1. The molecule has 1 aliphatic rings. The third kappa shape index (κ3) is 5.92. The van der Waals surface area contributed by atoms with Gasteiger partial charge in [-0.1, -0.05) is 0 Å². The van der Waals surface area contributed by atoms with E-state index in [0.29, 0.717) is 12.5 Å². The van der Waals surface area contributed by atoms with Crippen molar-refractivity contribution in [2.75, 3.05) is 13.2 Å². The van der Waals surface area contributed by atoms with Gasteiger partial charge in [0.1, 0.15) is 5.60 Å². The maximum Gasteiger partial charge on any atom is 0.407 e. The van der Waals surface area contributed by atoms with Gasteiger partial charge >= 0.3 is 6.09 Å². The zero-order valence-electron chi connectivity index (χ0n) is 10.2. The molecular weight excluding hydrogens is 210 g/mol. The van der Waals surface area contributed by atoms with Gasteiger partial charge in [0.25, 0.3) is 0 Å². The fraction of sp³-hybridized carbons (Fsp3) is 0.909. The van der Waals surface area contributed by atoms with Gasteiger partial charge in [0.15, 0.2) is 0 Å². The van der Waals surface area contributed by atoms with Crippen LogP contribution in [0.5, 0.6) is 0 Å². The van der Waals surface area contributed by atoms with Crippen molar-refractivity contribution >= 4 is 6.09 Å². The summed E-state index contributed by atoms with van der Waals surface area (Å²) < 4.78 is 10.2. The number of carbonyl (C=O) groups is 1. The Bertz CT molecular complexity index is 233. The van der Waals surface area contributed by atoms with Gasteiger partial charge in [-0.3, -0.25) is 0 Å². The van der Waals surface area contributed by atoms with Gasteiger partial charge in [0.2, 0.25) is 0 Å². The fourth-order valence-electron chi connectivity index (χ4n) is 1.31.